The molecule has 0 unspecified atom stereocenters. The lowest BCUT2D eigenvalue weighted by atomic mass is 10.1. The molecule has 0 aromatic heterocycles. The summed E-state index contributed by atoms with van der Waals surface area (Å²) in [5.41, 5.74) is 2.60. The number of amides is 1. The molecule has 19 heavy (non-hydrogen) atoms. The van der Waals surface area contributed by atoms with E-state index in [-0.39, 0.29) is 11.9 Å². The largest absolute Gasteiger partial charge is 0.493 e. The molecule has 3 rings (SSSR count). The first-order valence-electron chi connectivity index (χ1n) is 7.07. The van der Waals surface area contributed by atoms with E-state index in [4.69, 9.17) is 4.74 Å². The van der Waals surface area contributed by atoms with Gasteiger partial charge in [0.25, 0.3) is 0 Å². The average molecular weight is 260 g/mol. The lowest BCUT2D eigenvalue weighted by Gasteiger charge is -2.21. The fraction of sp³-hybridized carbons (Fsp3) is 0.533. The zero-order valence-corrected chi connectivity index (χ0v) is 11.3. The molecule has 1 fully saturated rings. The van der Waals surface area contributed by atoms with Crippen LogP contribution >= 0.6 is 0 Å². The maximum Gasteiger partial charge on any atom is 0.219 e. The second kappa shape index (κ2) is 5.11. The highest BCUT2D eigenvalue weighted by Gasteiger charge is 2.27. The molecule has 1 saturated heterocycles. The van der Waals surface area contributed by atoms with E-state index in [1.54, 1.807) is 0 Å². The number of ether oxygens (including phenoxy) is 1. The molecule has 2 aliphatic rings. The van der Waals surface area contributed by atoms with Gasteiger partial charge in [-0.15, -0.1) is 0 Å². The summed E-state index contributed by atoms with van der Waals surface area (Å²) in [5.74, 6) is 1.17. The number of benzene rings is 1. The number of nitrogens with one attached hydrogen (secondary N) is 1. The number of carbonyl (C=O) groups excluding carboxylic acids is 1. The number of carbonyl (C=O) groups is 1. The fourth-order valence-electron chi connectivity index (χ4n) is 2.93. The molecule has 0 spiro atoms. The Hall–Kier alpha value is -1.71. The average Bonchev–Trinajstić information content (AvgIpc) is 3.06. The second-order valence-electron chi connectivity index (χ2n) is 5.20. The van der Waals surface area contributed by atoms with Crippen LogP contribution < -0.4 is 15.0 Å². The first kappa shape index (κ1) is 12.3. The van der Waals surface area contributed by atoms with Gasteiger partial charge in [0.1, 0.15) is 5.75 Å². The van der Waals surface area contributed by atoms with Gasteiger partial charge < -0.3 is 15.0 Å². The van der Waals surface area contributed by atoms with E-state index in [0.717, 1.165) is 38.3 Å². The van der Waals surface area contributed by atoms with Crippen LogP contribution in [0.25, 0.3) is 0 Å². The van der Waals surface area contributed by atoms with Crippen molar-refractivity contribution in [2.45, 2.75) is 32.2 Å². The van der Waals surface area contributed by atoms with Gasteiger partial charge >= 0.3 is 0 Å². The van der Waals surface area contributed by atoms with Crippen molar-refractivity contribution < 1.29 is 9.53 Å². The van der Waals surface area contributed by atoms with E-state index in [0.29, 0.717) is 6.42 Å². The summed E-state index contributed by atoms with van der Waals surface area (Å²) in [6, 6.07) is 6.54. The number of fused-ring (bicyclic) bond motifs is 1. The lowest BCUT2D eigenvalue weighted by Crippen LogP contribution is -2.36. The molecule has 0 radical (unpaired) electrons. The molecule has 2 heterocycles. The van der Waals surface area contributed by atoms with Gasteiger partial charge in [0.05, 0.1) is 6.61 Å². The summed E-state index contributed by atoms with van der Waals surface area (Å²) < 4.78 is 5.61. The second-order valence-corrected chi connectivity index (χ2v) is 5.20. The maximum absolute atomic E-state index is 11.4. The number of hydrogen-bond acceptors (Lipinski definition) is 3. The minimum Gasteiger partial charge on any atom is -0.493 e. The molecule has 0 saturated carbocycles. The van der Waals surface area contributed by atoms with E-state index in [1.165, 1.54) is 11.3 Å². The molecule has 1 atom stereocenters. The molecular weight excluding hydrogens is 240 g/mol. The minimum atomic E-state index is 0.147. The van der Waals surface area contributed by atoms with Crippen LogP contribution in [0.4, 0.5) is 5.69 Å². The van der Waals surface area contributed by atoms with Crippen molar-refractivity contribution in [3.05, 3.63) is 23.8 Å². The SMILES string of the molecule is CCC(=O)N[C@H]1CCN(c2cccc3c2CCO3)C1. The molecule has 2 aliphatic heterocycles. The molecule has 1 aromatic rings. The molecule has 102 valence electrons. The maximum atomic E-state index is 11.4. The van der Waals surface area contributed by atoms with Gasteiger partial charge in [0, 0.05) is 43.2 Å². The van der Waals surface area contributed by atoms with Gasteiger partial charge in [-0.25, -0.2) is 0 Å². The van der Waals surface area contributed by atoms with Crippen molar-refractivity contribution in [1.29, 1.82) is 0 Å². The van der Waals surface area contributed by atoms with Gasteiger partial charge in [-0.05, 0) is 18.6 Å². The third kappa shape index (κ3) is 2.39. The molecule has 1 amide bonds. The van der Waals surface area contributed by atoms with Crippen LogP contribution in [0.2, 0.25) is 0 Å². The van der Waals surface area contributed by atoms with Gasteiger partial charge in [0.15, 0.2) is 0 Å². The summed E-state index contributed by atoms with van der Waals surface area (Å²) in [7, 11) is 0. The fourth-order valence-corrected chi connectivity index (χ4v) is 2.93. The smallest absolute Gasteiger partial charge is 0.219 e. The van der Waals surface area contributed by atoms with E-state index >= 15 is 0 Å². The topological polar surface area (TPSA) is 41.6 Å². The highest BCUT2D eigenvalue weighted by molar-refractivity contribution is 5.76. The van der Waals surface area contributed by atoms with E-state index in [9.17, 15) is 4.79 Å². The molecule has 1 aromatic carbocycles. The summed E-state index contributed by atoms with van der Waals surface area (Å²) >= 11 is 0. The first-order chi connectivity index (χ1) is 9.28. The normalized spacial score (nSPS) is 21.1. The summed E-state index contributed by atoms with van der Waals surface area (Å²) in [6.07, 6.45) is 2.58. The Bertz CT molecular complexity index is 487. The third-order valence-electron chi connectivity index (χ3n) is 3.93. The van der Waals surface area contributed by atoms with Crippen molar-refractivity contribution in [2.24, 2.45) is 0 Å². The molecular formula is C15H20N2O2. The first-order valence-corrected chi connectivity index (χ1v) is 7.07. The van der Waals surface area contributed by atoms with Crippen molar-refractivity contribution >= 4 is 11.6 Å². The number of anilines is 1. The van der Waals surface area contributed by atoms with E-state index in [2.05, 4.69) is 22.3 Å². The third-order valence-corrected chi connectivity index (χ3v) is 3.93. The summed E-state index contributed by atoms with van der Waals surface area (Å²) in [4.78, 5) is 13.8. The number of rotatable bonds is 3. The van der Waals surface area contributed by atoms with E-state index in [1.807, 2.05) is 13.0 Å². The van der Waals surface area contributed by atoms with Crippen molar-refractivity contribution in [3.63, 3.8) is 0 Å². The van der Waals surface area contributed by atoms with Gasteiger partial charge in [-0.1, -0.05) is 13.0 Å². The summed E-state index contributed by atoms with van der Waals surface area (Å²) in [5, 5.41) is 3.08. The monoisotopic (exact) mass is 260 g/mol. The predicted molar refractivity (Wildman–Crippen MR) is 74.7 cm³/mol. The highest BCUT2D eigenvalue weighted by Crippen LogP contribution is 2.35. The van der Waals surface area contributed by atoms with Crippen LogP contribution in [0, 0.1) is 0 Å². The highest BCUT2D eigenvalue weighted by atomic mass is 16.5. The Morgan fingerprint density at radius 1 is 1.53 bits per heavy atom. The molecule has 0 bridgehead atoms. The predicted octanol–water partition coefficient (Wildman–Crippen LogP) is 1.73. The molecule has 4 heteroatoms. The molecule has 1 N–H and O–H groups in total. The lowest BCUT2D eigenvalue weighted by molar-refractivity contribution is -0.121. The van der Waals surface area contributed by atoms with Gasteiger partial charge in [-0.2, -0.15) is 0 Å². The van der Waals surface area contributed by atoms with Crippen molar-refractivity contribution in [1.82, 2.24) is 5.32 Å². The Morgan fingerprint density at radius 3 is 3.26 bits per heavy atom. The van der Waals surface area contributed by atoms with Crippen LogP contribution in [0.3, 0.4) is 0 Å². The summed E-state index contributed by atoms with van der Waals surface area (Å²) in [6.45, 7) is 4.59. The Labute approximate surface area is 113 Å². The van der Waals surface area contributed by atoms with Gasteiger partial charge in [0.2, 0.25) is 5.91 Å². The van der Waals surface area contributed by atoms with Crippen molar-refractivity contribution in [2.75, 3.05) is 24.6 Å². The zero-order chi connectivity index (χ0) is 13.2. The van der Waals surface area contributed by atoms with E-state index < -0.39 is 0 Å². The Balaban J connectivity index is 1.71. The Morgan fingerprint density at radius 2 is 2.42 bits per heavy atom. The van der Waals surface area contributed by atoms with Crippen molar-refractivity contribution in [3.8, 4) is 5.75 Å². The van der Waals surface area contributed by atoms with Crippen LogP contribution in [0.5, 0.6) is 5.75 Å². The minimum absolute atomic E-state index is 0.147. The van der Waals surface area contributed by atoms with Crippen LogP contribution in [0.1, 0.15) is 25.3 Å². The Kier molecular flexibility index (Phi) is 3.32. The quantitative estimate of drug-likeness (QED) is 0.900. The molecule has 0 aliphatic carbocycles. The number of hydrogen-bond donors (Lipinski definition) is 1. The van der Waals surface area contributed by atoms with Crippen LogP contribution in [0.15, 0.2) is 18.2 Å². The van der Waals surface area contributed by atoms with Crippen LogP contribution in [-0.2, 0) is 11.2 Å². The number of nitrogens with zero attached hydrogens (tertiary/aromatic N) is 1. The van der Waals surface area contributed by atoms with Gasteiger partial charge in [-0.3, -0.25) is 4.79 Å². The zero-order valence-electron chi connectivity index (χ0n) is 11.3. The molecule has 4 nitrogen and oxygen atoms in total. The van der Waals surface area contributed by atoms with Crippen LogP contribution in [-0.4, -0.2) is 31.6 Å². The standard InChI is InChI=1S/C15H20N2O2/c1-2-15(18)16-11-6-8-17(10-11)13-4-3-5-14-12(13)7-9-19-14/h3-5,11H,2,6-10H2,1H3,(H,16,18)/t11-/m0/s1.